The zero-order chi connectivity index (χ0) is 18.9. The van der Waals surface area contributed by atoms with Crippen LogP contribution in [0.2, 0.25) is 0 Å². The molecule has 0 aliphatic carbocycles. The summed E-state index contributed by atoms with van der Waals surface area (Å²) in [5, 5.41) is 0. The van der Waals surface area contributed by atoms with Gasteiger partial charge in [0.25, 0.3) is 11.8 Å². The van der Waals surface area contributed by atoms with Crippen LogP contribution in [0, 0.1) is 5.82 Å². The molecule has 0 bridgehead atoms. The van der Waals surface area contributed by atoms with E-state index in [1.54, 1.807) is 35.8 Å². The van der Waals surface area contributed by atoms with Gasteiger partial charge in [-0.05, 0) is 44.9 Å². The number of anilines is 1. The number of hydrogen-bond donors (Lipinski definition) is 0. The maximum Gasteiger partial charge on any atom is 0.254 e. The number of benzene rings is 1. The first kappa shape index (κ1) is 18.8. The molecule has 2 aliphatic heterocycles. The Hall–Kier alpha value is -1.99. The normalized spacial score (nSPS) is 20.5. The predicted octanol–water partition coefficient (Wildman–Crippen LogP) is 1.98. The molecule has 6 nitrogen and oxygen atoms in total. The molecule has 3 rings (SSSR count). The Morgan fingerprint density at radius 3 is 2.62 bits per heavy atom. The molecule has 1 aromatic rings. The van der Waals surface area contributed by atoms with Crippen LogP contribution in [0.3, 0.4) is 0 Å². The van der Waals surface area contributed by atoms with Gasteiger partial charge in [-0.25, -0.2) is 4.39 Å². The van der Waals surface area contributed by atoms with Crippen molar-refractivity contribution in [3.8, 4) is 0 Å². The molecule has 2 amide bonds. The van der Waals surface area contributed by atoms with Crippen LogP contribution in [0.15, 0.2) is 24.3 Å². The molecule has 0 atom stereocenters. The van der Waals surface area contributed by atoms with Crippen LogP contribution in [0.4, 0.5) is 10.1 Å². The zero-order valence-electron chi connectivity index (χ0n) is 15.5. The monoisotopic (exact) mass is 364 g/mol. The van der Waals surface area contributed by atoms with E-state index in [-0.39, 0.29) is 24.2 Å². The smallest absolute Gasteiger partial charge is 0.254 e. The topological polar surface area (TPSA) is 59.1 Å². The molecule has 0 saturated carbocycles. The highest BCUT2D eigenvalue weighted by atomic mass is 19.1. The standard InChI is InChI=1S/C19H25FN2O4/c1-18(2,25-3)17(24)21-9-7-19(8-10-21)13-22(16(23)12-26-19)15-6-4-5-14(20)11-15/h4-6,11H,7-10,12-13H2,1-3H3. The Labute approximate surface area is 152 Å². The summed E-state index contributed by atoms with van der Waals surface area (Å²) in [5.74, 6) is -0.609. The fourth-order valence-electron chi connectivity index (χ4n) is 3.48. The lowest BCUT2D eigenvalue weighted by molar-refractivity contribution is -0.161. The number of methoxy groups -OCH3 is 1. The molecule has 26 heavy (non-hydrogen) atoms. The number of nitrogens with zero attached hydrogens (tertiary/aromatic N) is 2. The summed E-state index contributed by atoms with van der Waals surface area (Å²) >= 11 is 0. The first-order valence-corrected chi connectivity index (χ1v) is 8.81. The lowest BCUT2D eigenvalue weighted by atomic mass is 9.88. The van der Waals surface area contributed by atoms with Crippen molar-refractivity contribution in [3.63, 3.8) is 0 Å². The van der Waals surface area contributed by atoms with E-state index in [0.29, 0.717) is 38.2 Å². The summed E-state index contributed by atoms with van der Waals surface area (Å²) in [5.41, 5.74) is -0.827. The summed E-state index contributed by atoms with van der Waals surface area (Å²) in [6.45, 7) is 4.91. The van der Waals surface area contributed by atoms with Gasteiger partial charge in [-0.1, -0.05) is 6.07 Å². The van der Waals surface area contributed by atoms with Crippen LogP contribution in [0.25, 0.3) is 0 Å². The van der Waals surface area contributed by atoms with Gasteiger partial charge in [-0.3, -0.25) is 9.59 Å². The SMILES string of the molecule is COC(C)(C)C(=O)N1CCC2(CC1)CN(c1cccc(F)c1)C(=O)CO2. The van der Waals surface area contributed by atoms with E-state index in [0.717, 1.165) is 0 Å². The number of hydrogen-bond acceptors (Lipinski definition) is 4. The molecule has 2 saturated heterocycles. The Balaban J connectivity index is 1.70. The van der Waals surface area contributed by atoms with E-state index in [1.165, 1.54) is 19.2 Å². The number of morpholine rings is 1. The second-order valence-electron chi connectivity index (χ2n) is 7.44. The van der Waals surface area contributed by atoms with Gasteiger partial charge in [0, 0.05) is 25.9 Å². The van der Waals surface area contributed by atoms with E-state index in [9.17, 15) is 14.0 Å². The third-order valence-corrected chi connectivity index (χ3v) is 5.36. The second-order valence-corrected chi connectivity index (χ2v) is 7.44. The number of carbonyl (C=O) groups excluding carboxylic acids is 2. The van der Waals surface area contributed by atoms with Crippen LogP contribution in [-0.4, -0.2) is 61.3 Å². The van der Waals surface area contributed by atoms with Crippen molar-refractivity contribution in [2.75, 3.05) is 38.3 Å². The third-order valence-electron chi connectivity index (χ3n) is 5.36. The first-order valence-electron chi connectivity index (χ1n) is 8.81. The van der Waals surface area contributed by atoms with Crippen molar-refractivity contribution in [3.05, 3.63) is 30.1 Å². The summed E-state index contributed by atoms with van der Waals surface area (Å²) in [7, 11) is 1.52. The molecule has 0 unspecified atom stereocenters. The number of ether oxygens (including phenoxy) is 2. The predicted molar refractivity (Wildman–Crippen MR) is 94.3 cm³/mol. The van der Waals surface area contributed by atoms with E-state index in [4.69, 9.17) is 9.47 Å². The Morgan fingerprint density at radius 1 is 1.31 bits per heavy atom. The van der Waals surface area contributed by atoms with Crippen LogP contribution >= 0.6 is 0 Å². The Morgan fingerprint density at radius 2 is 2.00 bits per heavy atom. The fraction of sp³-hybridized carbons (Fsp3) is 0.579. The van der Waals surface area contributed by atoms with Gasteiger partial charge in [0.05, 0.1) is 12.1 Å². The lowest BCUT2D eigenvalue weighted by Gasteiger charge is -2.47. The molecule has 1 spiro atoms. The third kappa shape index (κ3) is 3.59. The summed E-state index contributed by atoms with van der Waals surface area (Å²) in [6.07, 6.45) is 1.25. The van der Waals surface area contributed by atoms with Gasteiger partial charge in [0.15, 0.2) is 0 Å². The van der Waals surface area contributed by atoms with Crippen molar-refractivity contribution in [2.24, 2.45) is 0 Å². The first-order chi connectivity index (χ1) is 12.3. The molecule has 1 aromatic carbocycles. The molecular weight excluding hydrogens is 339 g/mol. The van der Waals surface area contributed by atoms with Crippen LogP contribution in [0.1, 0.15) is 26.7 Å². The van der Waals surface area contributed by atoms with Crippen LogP contribution < -0.4 is 4.90 Å². The van der Waals surface area contributed by atoms with E-state index in [1.807, 2.05) is 0 Å². The van der Waals surface area contributed by atoms with E-state index >= 15 is 0 Å². The minimum Gasteiger partial charge on any atom is -0.369 e. The highest BCUT2D eigenvalue weighted by Gasteiger charge is 2.45. The van der Waals surface area contributed by atoms with Crippen LogP contribution in [-0.2, 0) is 19.1 Å². The quantitative estimate of drug-likeness (QED) is 0.823. The summed E-state index contributed by atoms with van der Waals surface area (Å²) in [6, 6.07) is 6.02. The Bertz CT molecular complexity index is 699. The lowest BCUT2D eigenvalue weighted by Crippen LogP contribution is -2.60. The summed E-state index contributed by atoms with van der Waals surface area (Å²) in [4.78, 5) is 28.2. The number of piperidine rings is 1. The average Bonchev–Trinajstić information content (AvgIpc) is 2.64. The highest BCUT2D eigenvalue weighted by molar-refractivity contribution is 5.95. The summed E-state index contributed by atoms with van der Waals surface area (Å²) < 4.78 is 24.7. The van der Waals surface area contributed by atoms with Gasteiger partial charge in [0.1, 0.15) is 18.0 Å². The van der Waals surface area contributed by atoms with Gasteiger partial charge >= 0.3 is 0 Å². The fourth-order valence-corrected chi connectivity index (χ4v) is 3.48. The van der Waals surface area contributed by atoms with Gasteiger partial charge < -0.3 is 19.3 Å². The van der Waals surface area contributed by atoms with E-state index < -0.39 is 11.2 Å². The van der Waals surface area contributed by atoms with Crippen molar-refractivity contribution in [1.29, 1.82) is 0 Å². The molecule has 2 fully saturated rings. The maximum absolute atomic E-state index is 13.5. The number of rotatable bonds is 3. The highest BCUT2D eigenvalue weighted by Crippen LogP contribution is 2.33. The molecule has 0 aromatic heterocycles. The zero-order valence-corrected chi connectivity index (χ0v) is 15.5. The molecule has 7 heteroatoms. The van der Waals surface area contributed by atoms with Crippen LogP contribution in [0.5, 0.6) is 0 Å². The maximum atomic E-state index is 13.5. The molecule has 0 N–H and O–H groups in total. The van der Waals surface area contributed by atoms with Crippen molar-refractivity contribution in [2.45, 2.75) is 37.9 Å². The van der Waals surface area contributed by atoms with Gasteiger partial charge in [0.2, 0.25) is 0 Å². The molecular formula is C19H25FN2O4. The molecule has 2 aliphatic rings. The molecule has 2 heterocycles. The minimum atomic E-state index is -0.860. The number of likely N-dealkylation sites (tertiary alicyclic amines) is 1. The molecule has 0 radical (unpaired) electrons. The molecule has 142 valence electrons. The van der Waals surface area contributed by atoms with Gasteiger partial charge in [-0.15, -0.1) is 0 Å². The average molecular weight is 364 g/mol. The largest absolute Gasteiger partial charge is 0.369 e. The van der Waals surface area contributed by atoms with Gasteiger partial charge in [-0.2, -0.15) is 0 Å². The van der Waals surface area contributed by atoms with Crippen molar-refractivity contribution >= 4 is 17.5 Å². The van der Waals surface area contributed by atoms with E-state index in [2.05, 4.69) is 0 Å². The Kier molecular flexibility index (Phi) is 5.03. The van der Waals surface area contributed by atoms with Crippen molar-refractivity contribution < 1.29 is 23.5 Å². The number of carbonyl (C=O) groups is 2. The minimum absolute atomic E-state index is 0.0337. The van der Waals surface area contributed by atoms with Crippen molar-refractivity contribution in [1.82, 2.24) is 4.90 Å². The second kappa shape index (κ2) is 6.96. The number of amides is 2. The number of halogens is 1.